The van der Waals surface area contributed by atoms with Gasteiger partial charge in [0.05, 0.1) is 0 Å². The summed E-state index contributed by atoms with van der Waals surface area (Å²) < 4.78 is 32.6. The first-order valence-electron chi connectivity index (χ1n) is 4.84. The molecular weight excluding hydrogens is 229 g/mol. The molecule has 0 aromatic rings. The van der Waals surface area contributed by atoms with Gasteiger partial charge in [-0.2, -0.15) is 0 Å². The van der Waals surface area contributed by atoms with Crippen LogP contribution in [0.25, 0.3) is 0 Å². The van der Waals surface area contributed by atoms with Gasteiger partial charge < -0.3 is 14.6 Å². The maximum atomic E-state index is 10.9. The van der Waals surface area contributed by atoms with Crippen molar-refractivity contribution in [1.82, 2.24) is 4.90 Å². The molecule has 5 nitrogen and oxygen atoms in total. The zero-order valence-electron chi connectivity index (χ0n) is 8.85. The molecule has 0 spiro atoms. The molecule has 7 heteroatoms. The fourth-order valence-corrected chi connectivity index (χ4v) is 3.17. The number of nitrogens with zero attached hydrogens (tertiary/aromatic N) is 1. The van der Waals surface area contributed by atoms with E-state index in [9.17, 15) is 18.1 Å². The minimum absolute atomic E-state index is 0. The number of rotatable bonds is 1. The van der Waals surface area contributed by atoms with Crippen LogP contribution >= 0.6 is 0 Å². The first-order valence-corrected chi connectivity index (χ1v) is 6.25. The Balaban J connectivity index is 0.00000112. The van der Waals surface area contributed by atoms with Crippen molar-refractivity contribution in [1.29, 1.82) is 0 Å². The van der Waals surface area contributed by atoms with E-state index in [0.717, 1.165) is 19.4 Å². The van der Waals surface area contributed by atoms with Crippen molar-refractivity contribution < 1.29 is 47.6 Å². The molecule has 2 heterocycles. The van der Waals surface area contributed by atoms with Crippen LogP contribution in [0.1, 0.15) is 25.7 Å². The number of hydrogen-bond donors (Lipinski definition) is 1. The summed E-state index contributed by atoms with van der Waals surface area (Å²) in [4.78, 5) is 0.137. The normalized spacial score (nSPS) is 37.1. The van der Waals surface area contributed by atoms with Gasteiger partial charge in [0.2, 0.25) is 0 Å². The first kappa shape index (κ1) is 13.9. The number of piperidine rings is 1. The molecule has 0 radical (unpaired) electrons. The Morgan fingerprint density at radius 1 is 1.40 bits per heavy atom. The van der Waals surface area contributed by atoms with Crippen molar-refractivity contribution in [2.45, 2.75) is 36.7 Å². The molecule has 2 atom stereocenters. The van der Waals surface area contributed by atoms with Gasteiger partial charge in [0.1, 0.15) is 10.1 Å². The van der Waals surface area contributed by atoms with Crippen molar-refractivity contribution in [3.05, 3.63) is 0 Å². The van der Waals surface area contributed by atoms with Gasteiger partial charge in [0.15, 0.2) is 4.93 Å². The summed E-state index contributed by atoms with van der Waals surface area (Å²) in [5.74, 6) is 0. The fraction of sp³-hybridized carbons (Fsp3) is 1.00. The summed E-state index contributed by atoms with van der Waals surface area (Å²) in [6.07, 6.45) is 2.05. The smallest absolute Gasteiger partial charge is 0.746 e. The van der Waals surface area contributed by atoms with Crippen molar-refractivity contribution in [3.8, 4) is 0 Å². The quantitative estimate of drug-likeness (QED) is 0.381. The predicted octanol–water partition coefficient (Wildman–Crippen LogP) is -3.52. The van der Waals surface area contributed by atoms with E-state index in [0.29, 0.717) is 6.54 Å². The maximum absolute atomic E-state index is 10.9. The monoisotopic (exact) mass is 243 g/mol. The van der Waals surface area contributed by atoms with Crippen LogP contribution in [0.2, 0.25) is 0 Å². The Hall–Kier alpha value is 0.830. The average Bonchev–Trinajstić information content (AvgIpc) is 2.48. The number of aliphatic hydroxyl groups is 1. The second-order valence-corrected chi connectivity index (χ2v) is 5.85. The van der Waals surface area contributed by atoms with Gasteiger partial charge in [0, 0.05) is 25.4 Å². The molecule has 0 aromatic heterocycles. The van der Waals surface area contributed by atoms with Gasteiger partial charge in [0.25, 0.3) is 0 Å². The summed E-state index contributed by atoms with van der Waals surface area (Å²) in [5.41, 5.74) is 0. The summed E-state index contributed by atoms with van der Waals surface area (Å²) in [5, 5.41) is 9.73. The van der Waals surface area contributed by atoms with Gasteiger partial charge in [-0.05, 0) is 19.4 Å². The zero-order chi connectivity index (χ0) is 10.4. The third kappa shape index (κ3) is 2.57. The SMILES string of the molecule is O=S(=O)([O-])C1(O)CCN2CCCC2C1.[Na+]. The summed E-state index contributed by atoms with van der Waals surface area (Å²) >= 11 is 0. The average molecular weight is 243 g/mol. The second kappa shape index (κ2) is 4.60. The molecule has 2 saturated heterocycles. The topological polar surface area (TPSA) is 80.7 Å². The molecule has 0 bridgehead atoms. The van der Waals surface area contributed by atoms with E-state index in [1.807, 2.05) is 0 Å². The van der Waals surface area contributed by atoms with Crippen molar-refractivity contribution >= 4 is 10.1 Å². The van der Waals surface area contributed by atoms with Crippen LogP contribution in [-0.4, -0.2) is 47.0 Å². The summed E-state index contributed by atoms with van der Waals surface area (Å²) in [6, 6.07) is 0.0810. The van der Waals surface area contributed by atoms with Crippen LogP contribution in [0, 0.1) is 0 Å². The molecule has 0 aliphatic carbocycles. The van der Waals surface area contributed by atoms with E-state index < -0.39 is 15.1 Å². The van der Waals surface area contributed by atoms with E-state index in [2.05, 4.69) is 4.90 Å². The zero-order valence-corrected chi connectivity index (χ0v) is 11.7. The minimum atomic E-state index is -4.59. The van der Waals surface area contributed by atoms with Crippen LogP contribution in [0.15, 0.2) is 0 Å². The third-order valence-electron chi connectivity index (χ3n) is 3.31. The third-order valence-corrected chi connectivity index (χ3v) is 4.61. The maximum Gasteiger partial charge on any atom is 1.00 e. The standard InChI is InChI=1S/C8H15NO4S.Na/c10-8(14(11,12)13)3-5-9-4-1-2-7(9)6-8;/h7,10H,1-6H2,(H,11,12,13);/q;+1/p-1. The molecule has 2 aliphatic rings. The van der Waals surface area contributed by atoms with Gasteiger partial charge in [-0.3, -0.25) is 0 Å². The molecule has 0 saturated carbocycles. The van der Waals surface area contributed by atoms with E-state index in [1.54, 1.807) is 0 Å². The van der Waals surface area contributed by atoms with Crippen LogP contribution in [0.3, 0.4) is 0 Å². The Morgan fingerprint density at radius 3 is 2.67 bits per heavy atom. The fourth-order valence-electron chi connectivity index (χ4n) is 2.44. The predicted molar refractivity (Wildman–Crippen MR) is 48.5 cm³/mol. The number of fused-ring (bicyclic) bond motifs is 1. The van der Waals surface area contributed by atoms with Crippen LogP contribution < -0.4 is 29.6 Å². The number of hydrogen-bond acceptors (Lipinski definition) is 5. The van der Waals surface area contributed by atoms with Gasteiger partial charge in [-0.1, -0.05) is 0 Å². The largest absolute Gasteiger partial charge is 1.00 e. The van der Waals surface area contributed by atoms with E-state index in [-0.39, 0.29) is 48.4 Å². The molecule has 2 fully saturated rings. The molecule has 0 amide bonds. The molecule has 0 aromatic carbocycles. The van der Waals surface area contributed by atoms with Crippen LogP contribution in [0.4, 0.5) is 0 Å². The van der Waals surface area contributed by atoms with E-state index in [4.69, 9.17) is 0 Å². The van der Waals surface area contributed by atoms with Gasteiger partial charge in [-0.25, -0.2) is 8.42 Å². The molecule has 1 N–H and O–H groups in total. The molecule has 82 valence electrons. The van der Waals surface area contributed by atoms with E-state index in [1.165, 1.54) is 0 Å². The van der Waals surface area contributed by atoms with Crippen LogP contribution in [0.5, 0.6) is 0 Å². The molecule has 2 unspecified atom stereocenters. The first-order chi connectivity index (χ1) is 6.42. The van der Waals surface area contributed by atoms with Crippen molar-refractivity contribution in [3.63, 3.8) is 0 Å². The summed E-state index contributed by atoms with van der Waals surface area (Å²) in [6.45, 7) is 1.47. The Morgan fingerprint density at radius 2 is 2.07 bits per heavy atom. The summed E-state index contributed by atoms with van der Waals surface area (Å²) in [7, 11) is -4.59. The Kier molecular flexibility index (Phi) is 4.26. The Labute approximate surface area is 112 Å². The second-order valence-electron chi connectivity index (χ2n) is 4.19. The molecule has 15 heavy (non-hydrogen) atoms. The van der Waals surface area contributed by atoms with Crippen molar-refractivity contribution in [2.24, 2.45) is 0 Å². The van der Waals surface area contributed by atoms with Crippen LogP contribution in [-0.2, 0) is 10.1 Å². The van der Waals surface area contributed by atoms with Gasteiger partial charge in [-0.15, -0.1) is 0 Å². The van der Waals surface area contributed by atoms with Crippen molar-refractivity contribution in [2.75, 3.05) is 13.1 Å². The Bertz CT molecular complexity index is 334. The molecule has 2 rings (SSSR count). The van der Waals surface area contributed by atoms with Gasteiger partial charge >= 0.3 is 29.6 Å². The molecular formula is C8H14NNaO4S. The molecule has 2 aliphatic heterocycles. The minimum Gasteiger partial charge on any atom is -0.746 e. The van der Waals surface area contributed by atoms with E-state index >= 15 is 0 Å².